The molecule has 1 unspecified atom stereocenters. The maximum Gasteiger partial charge on any atom is 0.227 e. The largest absolute Gasteiger partial charge is 0.341 e. The van der Waals surface area contributed by atoms with Crippen molar-refractivity contribution in [2.75, 3.05) is 13.1 Å². The van der Waals surface area contributed by atoms with Crippen LogP contribution in [-0.2, 0) is 11.2 Å². The van der Waals surface area contributed by atoms with Crippen molar-refractivity contribution in [1.29, 1.82) is 0 Å². The zero-order chi connectivity index (χ0) is 10.7. The lowest BCUT2D eigenvalue weighted by Gasteiger charge is -2.30. The highest BCUT2D eigenvalue weighted by Crippen LogP contribution is 2.12. The molecule has 2 heterocycles. The molecule has 0 aromatic carbocycles. The average Bonchev–Trinajstić information content (AvgIpc) is 2.70. The van der Waals surface area contributed by atoms with Gasteiger partial charge in [0.2, 0.25) is 5.91 Å². The van der Waals surface area contributed by atoms with Crippen molar-refractivity contribution in [2.24, 2.45) is 5.73 Å². The minimum Gasteiger partial charge on any atom is -0.341 e. The van der Waals surface area contributed by atoms with E-state index in [9.17, 15) is 4.79 Å². The van der Waals surface area contributed by atoms with Crippen LogP contribution in [0.5, 0.6) is 0 Å². The summed E-state index contributed by atoms with van der Waals surface area (Å²) in [6, 6.07) is 2.18. The molecular formula is C11H17ClN2OS. The number of thiophene rings is 1. The predicted octanol–water partition coefficient (Wildman–Crippen LogP) is 1.66. The number of piperidine rings is 1. The molecule has 0 bridgehead atoms. The Hall–Kier alpha value is -0.580. The molecule has 0 saturated carbocycles. The second-order valence-corrected chi connectivity index (χ2v) is 4.83. The fraction of sp³-hybridized carbons (Fsp3) is 0.545. The van der Waals surface area contributed by atoms with Crippen molar-refractivity contribution in [2.45, 2.75) is 25.3 Å². The van der Waals surface area contributed by atoms with E-state index in [4.69, 9.17) is 5.73 Å². The molecule has 2 rings (SSSR count). The Morgan fingerprint density at radius 2 is 2.44 bits per heavy atom. The van der Waals surface area contributed by atoms with Crippen LogP contribution in [0, 0.1) is 0 Å². The van der Waals surface area contributed by atoms with E-state index in [2.05, 4.69) is 0 Å². The SMILES string of the molecule is Cl.NC1CCCN(C(=O)Cc2ccsc2)C1. The van der Waals surface area contributed by atoms with Gasteiger partial charge in [0, 0.05) is 19.1 Å². The Bertz CT molecular complexity index is 329. The first-order valence-electron chi connectivity index (χ1n) is 5.30. The van der Waals surface area contributed by atoms with Crippen molar-refractivity contribution in [3.63, 3.8) is 0 Å². The number of halogens is 1. The molecule has 1 amide bonds. The van der Waals surface area contributed by atoms with Gasteiger partial charge in [0.1, 0.15) is 0 Å². The van der Waals surface area contributed by atoms with Crippen molar-refractivity contribution < 1.29 is 4.79 Å². The zero-order valence-corrected chi connectivity index (χ0v) is 10.7. The molecule has 1 aromatic rings. The van der Waals surface area contributed by atoms with Crippen LogP contribution >= 0.6 is 23.7 Å². The second kappa shape index (κ2) is 6.23. The van der Waals surface area contributed by atoms with E-state index in [-0.39, 0.29) is 24.4 Å². The van der Waals surface area contributed by atoms with Crippen molar-refractivity contribution in [3.8, 4) is 0 Å². The first kappa shape index (κ1) is 13.5. The lowest BCUT2D eigenvalue weighted by molar-refractivity contribution is -0.131. The van der Waals surface area contributed by atoms with Crippen molar-refractivity contribution >= 4 is 29.7 Å². The normalized spacial score (nSPS) is 20.3. The highest BCUT2D eigenvalue weighted by molar-refractivity contribution is 7.07. The van der Waals surface area contributed by atoms with Crippen LogP contribution in [0.25, 0.3) is 0 Å². The van der Waals surface area contributed by atoms with Crippen LogP contribution in [0.3, 0.4) is 0 Å². The predicted molar refractivity (Wildman–Crippen MR) is 69.1 cm³/mol. The third-order valence-electron chi connectivity index (χ3n) is 2.75. The van der Waals surface area contributed by atoms with Crippen LogP contribution in [0.15, 0.2) is 16.8 Å². The van der Waals surface area contributed by atoms with Gasteiger partial charge in [-0.2, -0.15) is 11.3 Å². The van der Waals surface area contributed by atoms with Gasteiger partial charge in [-0.25, -0.2) is 0 Å². The molecule has 16 heavy (non-hydrogen) atoms. The molecule has 1 aliphatic rings. The second-order valence-electron chi connectivity index (χ2n) is 4.05. The van der Waals surface area contributed by atoms with Crippen LogP contribution in [-0.4, -0.2) is 29.9 Å². The molecule has 5 heteroatoms. The molecule has 90 valence electrons. The number of hydrogen-bond acceptors (Lipinski definition) is 3. The summed E-state index contributed by atoms with van der Waals surface area (Å²) in [7, 11) is 0. The number of likely N-dealkylation sites (tertiary alicyclic amines) is 1. The lowest BCUT2D eigenvalue weighted by atomic mass is 10.1. The first-order chi connectivity index (χ1) is 7.25. The number of carbonyl (C=O) groups excluding carboxylic acids is 1. The van der Waals surface area contributed by atoms with Gasteiger partial charge in [0.25, 0.3) is 0 Å². The maximum absolute atomic E-state index is 11.9. The van der Waals surface area contributed by atoms with E-state index in [0.29, 0.717) is 6.42 Å². The van der Waals surface area contributed by atoms with Gasteiger partial charge in [-0.3, -0.25) is 4.79 Å². The Labute approximate surface area is 106 Å². The number of amides is 1. The fourth-order valence-corrected chi connectivity index (χ4v) is 2.58. The van der Waals surface area contributed by atoms with E-state index >= 15 is 0 Å². The Morgan fingerprint density at radius 1 is 1.62 bits per heavy atom. The minimum absolute atomic E-state index is 0. The average molecular weight is 261 g/mol. The summed E-state index contributed by atoms with van der Waals surface area (Å²) < 4.78 is 0. The topological polar surface area (TPSA) is 46.3 Å². The number of nitrogens with zero attached hydrogens (tertiary/aromatic N) is 1. The Balaban J connectivity index is 0.00000128. The number of carbonyl (C=O) groups is 1. The van der Waals surface area contributed by atoms with Crippen LogP contribution in [0.1, 0.15) is 18.4 Å². The van der Waals surface area contributed by atoms with Gasteiger partial charge >= 0.3 is 0 Å². The summed E-state index contributed by atoms with van der Waals surface area (Å²) in [5.74, 6) is 0.212. The minimum atomic E-state index is 0. The van der Waals surface area contributed by atoms with E-state index in [0.717, 1.165) is 31.5 Å². The summed E-state index contributed by atoms with van der Waals surface area (Å²) in [5, 5.41) is 4.03. The van der Waals surface area contributed by atoms with E-state index < -0.39 is 0 Å². The van der Waals surface area contributed by atoms with E-state index in [1.165, 1.54) is 0 Å². The first-order valence-corrected chi connectivity index (χ1v) is 6.24. The molecule has 1 fully saturated rings. The van der Waals surface area contributed by atoms with E-state index in [1.54, 1.807) is 11.3 Å². The fourth-order valence-electron chi connectivity index (χ4n) is 1.92. The van der Waals surface area contributed by atoms with Gasteiger partial charge in [-0.05, 0) is 35.2 Å². The van der Waals surface area contributed by atoms with Crippen molar-refractivity contribution in [1.82, 2.24) is 4.90 Å². The molecular weight excluding hydrogens is 244 g/mol. The van der Waals surface area contributed by atoms with Gasteiger partial charge < -0.3 is 10.6 Å². The maximum atomic E-state index is 11.9. The van der Waals surface area contributed by atoms with Gasteiger partial charge in [-0.1, -0.05) is 0 Å². The molecule has 0 aliphatic carbocycles. The Morgan fingerprint density at radius 3 is 3.06 bits per heavy atom. The molecule has 0 radical (unpaired) electrons. The van der Waals surface area contributed by atoms with E-state index in [1.807, 2.05) is 21.7 Å². The molecule has 1 atom stereocenters. The summed E-state index contributed by atoms with van der Waals surface area (Å²) in [6.45, 7) is 1.60. The standard InChI is InChI=1S/C11H16N2OS.ClH/c12-10-2-1-4-13(7-10)11(14)6-9-3-5-15-8-9;/h3,5,8,10H,1-2,4,6-7,12H2;1H. The highest BCUT2D eigenvalue weighted by Gasteiger charge is 2.20. The zero-order valence-electron chi connectivity index (χ0n) is 9.09. The Kier molecular flexibility index (Phi) is 5.25. The van der Waals surface area contributed by atoms with Gasteiger partial charge in [0.15, 0.2) is 0 Å². The van der Waals surface area contributed by atoms with Gasteiger partial charge in [0.05, 0.1) is 6.42 Å². The summed E-state index contributed by atoms with van der Waals surface area (Å²) in [4.78, 5) is 13.8. The molecule has 1 saturated heterocycles. The molecule has 0 spiro atoms. The number of rotatable bonds is 2. The lowest BCUT2D eigenvalue weighted by Crippen LogP contribution is -2.46. The molecule has 2 N–H and O–H groups in total. The molecule has 1 aromatic heterocycles. The number of hydrogen-bond donors (Lipinski definition) is 1. The quantitative estimate of drug-likeness (QED) is 0.879. The van der Waals surface area contributed by atoms with Gasteiger partial charge in [-0.15, -0.1) is 12.4 Å². The van der Waals surface area contributed by atoms with Crippen LogP contribution < -0.4 is 5.73 Å². The van der Waals surface area contributed by atoms with Crippen molar-refractivity contribution in [3.05, 3.63) is 22.4 Å². The molecule has 3 nitrogen and oxygen atoms in total. The summed E-state index contributed by atoms with van der Waals surface area (Å²) in [5.41, 5.74) is 6.96. The monoisotopic (exact) mass is 260 g/mol. The number of nitrogens with two attached hydrogens (primary N) is 1. The summed E-state index contributed by atoms with van der Waals surface area (Å²) in [6.07, 6.45) is 2.61. The molecule has 1 aliphatic heterocycles. The smallest absolute Gasteiger partial charge is 0.227 e. The third-order valence-corrected chi connectivity index (χ3v) is 3.48. The van der Waals surface area contributed by atoms with Crippen LogP contribution in [0.2, 0.25) is 0 Å². The highest BCUT2D eigenvalue weighted by atomic mass is 35.5. The third kappa shape index (κ3) is 3.47. The van der Waals surface area contributed by atoms with Crippen LogP contribution in [0.4, 0.5) is 0 Å². The summed E-state index contributed by atoms with van der Waals surface area (Å²) >= 11 is 1.63.